The van der Waals surface area contributed by atoms with Crippen molar-refractivity contribution in [2.45, 2.75) is 51.0 Å². The molecule has 1 aromatic carbocycles. The lowest BCUT2D eigenvalue weighted by Crippen LogP contribution is -2.34. The molecule has 0 radical (unpaired) electrons. The number of hydrogen-bond acceptors (Lipinski definition) is 2. The summed E-state index contributed by atoms with van der Waals surface area (Å²) in [6.07, 6.45) is 5.51. The first-order valence-electron chi connectivity index (χ1n) is 7.62. The molecular formula is C17H25NO. The maximum Gasteiger partial charge on any atom is 0.0858 e. The third kappa shape index (κ3) is 2.44. The van der Waals surface area contributed by atoms with Crippen molar-refractivity contribution in [2.75, 3.05) is 6.54 Å². The second-order valence-corrected chi connectivity index (χ2v) is 6.76. The molecule has 0 saturated heterocycles. The molecule has 0 amide bonds. The third-order valence-electron chi connectivity index (χ3n) is 5.15. The van der Waals surface area contributed by atoms with E-state index in [4.69, 9.17) is 5.73 Å². The Morgan fingerprint density at radius 2 is 2.16 bits per heavy atom. The molecule has 19 heavy (non-hydrogen) atoms. The molecule has 3 unspecified atom stereocenters. The first-order valence-corrected chi connectivity index (χ1v) is 7.62. The molecule has 0 spiro atoms. The fourth-order valence-corrected chi connectivity index (χ4v) is 3.73. The average molecular weight is 259 g/mol. The van der Waals surface area contributed by atoms with Gasteiger partial charge in [0.15, 0.2) is 0 Å². The van der Waals surface area contributed by atoms with Crippen molar-refractivity contribution in [3.8, 4) is 0 Å². The molecule has 2 fully saturated rings. The minimum Gasteiger partial charge on any atom is -0.388 e. The molecule has 2 aliphatic carbocycles. The Hall–Kier alpha value is -0.860. The van der Waals surface area contributed by atoms with Crippen LogP contribution in [-0.2, 0) is 0 Å². The molecular weight excluding hydrogens is 234 g/mol. The topological polar surface area (TPSA) is 46.2 Å². The van der Waals surface area contributed by atoms with Crippen LogP contribution < -0.4 is 5.73 Å². The van der Waals surface area contributed by atoms with E-state index in [9.17, 15) is 5.11 Å². The largest absolute Gasteiger partial charge is 0.388 e. The lowest BCUT2D eigenvalue weighted by molar-refractivity contribution is 0.0307. The van der Waals surface area contributed by atoms with E-state index in [0.29, 0.717) is 12.5 Å². The van der Waals surface area contributed by atoms with Crippen LogP contribution in [0.1, 0.15) is 62.2 Å². The van der Waals surface area contributed by atoms with Crippen molar-refractivity contribution < 1.29 is 5.11 Å². The summed E-state index contributed by atoms with van der Waals surface area (Å²) in [7, 11) is 0. The van der Waals surface area contributed by atoms with Crippen LogP contribution in [0.2, 0.25) is 0 Å². The number of rotatable bonds is 4. The maximum atomic E-state index is 10.8. The zero-order valence-electron chi connectivity index (χ0n) is 11.8. The van der Waals surface area contributed by atoms with Crippen molar-refractivity contribution in [3.63, 3.8) is 0 Å². The summed E-state index contributed by atoms with van der Waals surface area (Å²) >= 11 is 0. The highest BCUT2D eigenvalue weighted by Gasteiger charge is 2.43. The van der Waals surface area contributed by atoms with E-state index >= 15 is 0 Å². The van der Waals surface area contributed by atoms with Crippen LogP contribution in [0.5, 0.6) is 0 Å². The first kappa shape index (κ1) is 13.1. The van der Waals surface area contributed by atoms with Crippen LogP contribution in [0, 0.1) is 11.3 Å². The summed E-state index contributed by atoms with van der Waals surface area (Å²) in [5, 5.41) is 10.8. The first-order chi connectivity index (χ1) is 9.14. The van der Waals surface area contributed by atoms with Gasteiger partial charge >= 0.3 is 0 Å². The Bertz CT molecular complexity index is 454. The van der Waals surface area contributed by atoms with Gasteiger partial charge in [-0.3, -0.25) is 0 Å². The molecule has 0 heterocycles. The van der Waals surface area contributed by atoms with Crippen LogP contribution in [0.15, 0.2) is 24.3 Å². The van der Waals surface area contributed by atoms with Gasteiger partial charge in [-0.15, -0.1) is 0 Å². The molecule has 0 bridgehead atoms. The maximum absolute atomic E-state index is 10.8. The smallest absolute Gasteiger partial charge is 0.0858 e. The van der Waals surface area contributed by atoms with Crippen LogP contribution in [-0.4, -0.2) is 11.7 Å². The Kier molecular flexibility index (Phi) is 3.40. The monoisotopic (exact) mass is 259 g/mol. The Morgan fingerprint density at radius 3 is 2.74 bits per heavy atom. The Labute approximate surface area is 116 Å². The van der Waals surface area contributed by atoms with E-state index in [0.717, 1.165) is 24.3 Å². The van der Waals surface area contributed by atoms with Gasteiger partial charge in [-0.05, 0) is 48.6 Å². The van der Waals surface area contributed by atoms with Crippen molar-refractivity contribution in [3.05, 3.63) is 35.4 Å². The molecule has 104 valence electrons. The summed E-state index contributed by atoms with van der Waals surface area (Å²) in [4.78, 5) is 0. The van der Waals surface area contributed by atoms with Gasteiger partial charge in [0.2, 0.25) is 0 Å². The van der Waals surface area contributed by atoms with Gasteiger partial charge in [-0.2, -0.15) is 0 Å². The number of nitrogens with two attached hydrogens (primary N) is 1. The standard InChI is InChI=1S/C17H25NO/c1-12-7-8-17(10-12,11-18)16(19)15-4-2-3-14(9-15)13-5-6-13/h2-4,9,12-13,16,19H,5-8,10-11,18H2,1H3. The van der Waals surface area contributed by atoms with Gasteiger partial charge in [0.05, 0.1) is 6.10 Å². The summed E-state index contributed by atoms with van der Waals surface area (Å²) in [5.41, 5.74) is 8.39. The average Bonchev–Trinajstić information content (AvgIpc) is 3.22. The SMILES string of the molecule is CC1CCC(CN)(C(O)c2cccc(C3CC3)c2)C1. The zero-order valence-corrected chi connectivity index (χ0v) is 11.8. The van der Waals surface area contributed by atoms with Crippen LogP contribution in [0.4, 0.5) is 0 Å². The van der Waals surface area contributed by atoms with Crippen LogP contribution >= 0.6 is 0 Å². The molecule has 0 aromatic heterocycles. The molecule has 2 heteroatoms. The molecule has 2 nitrogen and oxygen atoms in total. The Balaban J connectivity index is 1.85. The molecule has 2 aliphatic rings. The number of aliphatic hydroxyl groups excluding tert-OH is 1. The minimum absolute atomic E-state index is 0.0956. The highest BCUT2D eigenvalue weighted by Crippen LogP contribution is 2.50. The van der Waals surface area contributed by atoms with Gasteiger partial charge < -0.3 is 10.8 Å². The second-order valence-electron chi connectivity index (χ2n) is 6.76. The highest BCUT2D eigenvalue weighted by molar-refractivity contribution is 5.31. The van der Waals surface area contributed by atoms with E-state index in [1.807, 2.05) is 0 Å². The van der Waals surface area contributed by atoms with Crippen molar-refractivity contribution >= 4 is 0 Å². The van der Waals surface area contributed by atoms with Gasteiger partial charge in [0.1, 0.15) is 0 Å². The minimum atomic E-state index is -0.402. The second kappa shape index (κ2) is 4.92. The highest BCUT2D eigenvalue weighted by atomic mass is 16.3. The summed E-state index contributed by atoms with van der Waals surface area (Å²) in [5.74, 6) is 1.42. The molecule has 2 saturated carbocycles. The van der Waals surface area contributed by atoms with Crippen molar-refractivity contribution in [1.82, 2.24) is 0 Å². The molecule has 1 aromatic rings. The number of aliphatic hydroxyl groups is 1. The van der Waals surface area contributed by atoms with Crippen molar-refractivity contribution in [1.29, 1.82) is 0 Å². The molecule has 3 atom stereocenters. The van der Waals surface area contributed by atoms with E-state index in [1.54, 1.807) is 0 Å². The quantitative estimate of drug-likeness (QED) is 0.871. The Morgan fingerprint density at radius 1 is 1.37 bits per heavy atom. The van der Waals surface area contributed by atoms with Gasteiger partial charge in [-0.1, -0.05) is 37.6 Å². The number of benzene rings is 1. The fourth-order valence-electron chi connectivity index (χ4n) is 3.73. The molecule has 0 aliphatic heterocycles. The lowest BCUT2D eigenvalue weighted by Gasteiger charge is -2.33. The fraction of sp³-hybridized carbons (Fsp3) is 0.647. The summed E-state index contributed by atoms with van der Waals surface area (Å²) in [6, 6.07) is 8.56. The van der Waals surface area contributed by atoms with Gasteiger partial charge in [0.25, 0.3) is 0 Å². The number of hydrogen-bond donors (Lipinski definition) is 2. The van der Waals surface area contributed by atoms with Crippen LogP contribution in [0.25, 0.3) is 0 Å². The van der Waals surface area contributed by atoms with Gasteiger partial charge in [0, 0.05) is 12.0 Å². The van der Waals surface area contributed by atoms with E-state index in [-0.39, 0.29) is 5.41 Å². The van der Waals surface area contributed by atoms with E-state index in [2.05, 4.69) is 31.2 Å². The summed E-state index contributed by atoms with van der Waals surface area (Å²) < 4.78 is 0. The van der Waals surface area contributed by atoms with Crippen LogP contribution in [0.3, 0.4) is 0 Å². The van der Waals surface area contributed by atoms with E-state index in [1.165, 1.54) is 24.8 Å². The third-order valence-corrected chi connectivity index (χ3v) is 5.15. The normalized spacial score (nSPS) is 32.5. The van der Waals surface area contributed by atoms with Gasteiger partial charge in [-0.25, -0.2) is 0 Å². The molecule has 3 rings (SSSR count). The predicted octanol–water partition coefficient (Wildman–Crippen LogP) is 3.36. The predicted molar refractivity (Wildman–Crippen MR) is 77.9 cm³/mol. The summed E-state index contributed by atoms with van der Waals surface area (Å²) in [6.45, 7) is 2.86. The zero-order chi connectivity index (χ0) is 13.5. The molecule has 3 N–H and O–H groups in total. The van der Waals surface area contributed by atoms with E-state index < -0.39 is 6.10 Å². The lowest BCUT2D eigenvalue weighted by atomic mass is 9.76. The van der Waals surface area contributed by atoms with Crippen molar-refractivity contribution in [2.24, 2.45) is 17.1 Å².